The minimum atomic E-state index is -0.0550. The number of nitrogens with zero attached hydrogens (tertiary/aromatic N) is 1. The molecule has 0 fully saturated rings. The van der Waals surface area contributed by atoms with Gasteiger partial charge in [-0.1, -0.05) is 34.8 Å². The number of ketones is 1. The molecule has 0 aliphatic rings. The fourth-order valence-corrected chi connectivity index (χ4v) is 2.80. The average Bonchev–Trinajstić information content (AvgIpc) is 2.83. The van der Waals surface area contributed by atoms with Crippen molar-refractivity contribution in [3.63, 3.8) is 0 Å². The third kappa shape index (κ3) is 2.82. The predicted molar refractivity (Wildman–Crippen MR) is 87.5 cm³/mol. The van der Waals surface area contributed by atoms with E-state index < -0.39 is 0 Å². The van der Waals surface area contributed by atoms with E-state index in [4.69, 9.17) is 23.2 Å². The summed E-state index contributed by atoms with van der Waals surface area (Å²) in [7, 11) is 0. The van der Waals surface area contributed by atoms with Crippen molar-refractivity contribution < 1.29 is 4.79 Å². The van der Waals surface area contributed by atoms with Crippen molar-refractivity contribution in [3.05, 3.63) is 69.8 Å². The summed E-state index contributed by atoms with van der Waals surface area (Å²) in [6, 6.07) is 13.1. The third-order valence-corrected chi connectivity index (χ3v) is 4.03. The van der Waals surface area contributed by atoms with Gasteiger partial charge in [0.1, 0.15) is 0 Å². The van der Waals surface area contributed by atoms with Crippen molar-refractivity contribution in [2.75, 3.05) is 0 Å². The molecular weight excluding hydrogens is 305 g/mol. The lowest BCUT2D eigenvalue weighted by molar-refractivity contribution is 0.0974. The molecule has 0 aliphatic heterocycles. The summed E-state index contributed by atoms with van der Waals surface area (Å²) in [6.07, 6.45) is 1.92. The highest BCUT2D eigenvalue weighted by Crippen LogP contribution is 2.23. The van der Waals surface area contributed by atoms with Crippen LogP contribution in [0.15, 0.2) is 48.7 Å². The zero-order valence-corrected chi connectivity index (χ0v) is 12.9. The monoisotopic (exact) mass is 317 g/mol. The van der Waals surface area contributed by atoms with Gasteiger partial charge in [0.2, 0.25) is 0 Å². The van der Waals surface area contributed by atoms with E-state index in [0.717, 1.165) is 10.9 Å². The van der Waals surface area contributed by atoms with E-state index >= 15 is 0 Å². The molecule has 106 valence electrons. The van der Waals surface area contributed by atoms with Crippen LogP contribution < -0.4 is 0 Å². The van der Waals surface area contributed by atoms with E-state index in [2.05, 4.69) is 6.07 Å². The summed E-state index contributed by atoms with van der Waals surface area (Å²) in [5.74, 6) is -0.0550. The fraction of sp³-hybridized carbons (Fsp3) is 0.118. The maximum Gasteiger partial charge on any atom is 0.184 e. The van der Waals surface area contributed by atoms with Gasteiger partial charge in [0.25, 0.3) is 0 Å². The number of carbonyl (C=O) groups excluding carboxylic acids is 1. The molecule has 0 bridgehead atoms. The van der Waals surface area contributed by atoms with Crippen LogP contribution in [0.4, 0.5) is 0 Å². The van der Waals surface area contributed by atoms with Crippen LogP contribution in [0.25, 0.3) is 10.9 Å². The van der Waals surface area contributed by atoms with Crippen molar-refractivity contribution in [2.24, 2.45) is 0 Å². The molecule has 2 nitrogen and oxygen atoms in total. The molecule has 0 N–H and O–H groups in total. The average molecular weight is 318 g/mol. The van der Waals surface area contributed by atoms with E-state index in [0.29, 0.717) is 15.6 Å². The molecule has 0 spiro atoms. The first-order chi connectivity index (χ1) is 10.0. The van der Waals surface area contributed by atoms with E-state index in [9.17, 15) is 4.79 Å². The molecular formula is C17H13Cl2NO. The Morgan fingerprint density at radius 2 is 1.90 bits per heavy atom. The molecule has 0 saturated heterocycles. The number of aromatic nitrogens is 1. The maximum absolute atomic E-state index is 12.4. The predicted octanol–water partition coefficient (Wildman–Crippen LogP) is 5.14. The largest absolute Gasteiger partial charge is 0.340 e. The summed E-state index contributed by atoms with van der Waals surface area (Å²) >= 11 is 12.0. The summed E-state index contributed by atoms with van der Waals surface area (Å²) in [5, 5.41) is 2.06. The molecule has 0 aliphatic carbocycles. The first-order valence-corrected chi connectivity index (χ1v) is 7.34. The molecule has 2 aromatic carbocycles. The first kappa shape index (κ1) is 14.2. The topological polar surface area (TPSA) is 22.0 Å². The van der Waals surface area contributed by atoms with Gasteiger partial charge in [-0.15, -0.1) is 0 Å². The Morgan fingerprint density at radius 1 is 1.10 bits per heavy atom. The Morgan fingerprint density at radius 3 is 2.71 bits per heavy atom. The number of aryl methyl sites for hydroxylation is 1. The van der Waals surface area contributed by atoms with Crippen molar-refractivity contribution in [1.82, 2.24) is 4.57 Å². The van der Waals surface area contributed by atoms with Crippen LogP contribution in [0.5, 0.6) is 0 Å². The number of benzene rings is 2. The molecule has 3 aromatic rings. The van der Waals surface area contributed by atoms with Crippen molar-refractivity contribution >= 4 is 39.9 Å². The standard InChI is InChI=1S/C17H13Cl2NO/c1-11-2-5-16-12(8-11)6-7-20(16)10-17(21)14-9-13(18)3-4-15(14)19/h2-9H,10H2,1H3. The van der Waals surface area contributed by atoms with Gasteiger partial charge < -0.3 is 4.57 Å². The SMILES string of the molecule is Cc1ccc2c(ccn2CC(=O)c2cc(Cl)ccc2Cl)c1. The minimum absolute atomic E-state index is 0.0550. The van der Waals surface area contributed by atoms with Crippen LogP contribution in [0, 0.1) is 6.92 Å². The molecule has 21 heavy (non-hydrogen) atoms. The summed E-state index contributed by atoms with van der Waals surface area (Å²) in [4.78, 5) is 12.4. The van der Waals surface area contributed by atoms with Crippen LogP contribution in [-0.2, 0) is 6.54 Å². The highest BCUT2D eigenvalue weighted by atomic mass is 35.5. The van der Waals surface area contributed by atoms with E-state index in [-0.39, 0.29) is 12.3 Å². The number of fused-ring (bicyclic) bond motifs is 1. The lowest BCUT2D eigenvalue weighted by atomic mass is 10.1. The van der Waals surface area contributed by atoms with Gasteiger partial charge in [-0.05, 0) is 48.7 Å². The number of Topliss-reactive ketones (excluding diaryl/α,β-unsaturated/α-hetero) is 1. The number of hydrogen-bond acceptors (Lipinski definition) is 1. The highest BCUT2D eigenvalue weighted by molar-refractivity contribution is 6.35. The number of hydrogen-bond donors (Lipinski definition) is 0. The molecule has 1 aromatic heterocycles. The van der Waals surface area contributed by atoms with Crippen LogP contribution >= 0.6 is 23.2 Å². The number of halogens is 2. The van der Waals surface area contributed by atoms with E-state index in [1.807, 2.05) is 35.9 Å². The van der Waals surface area contributed by atoms with Gasteiger partial charge in [-0.25, -0.2) is 0 Å². The summed E-state index contributed by atoms with van der Waals surface area (Å²) in [5.41, 5.74) is 2.69. The summed E-state index contributed by atoms with van der Waals surface area (Å²) in [6.45, 7) is 2.29. The van der Waals surface area contributed by atoms with Crippen molar-refractivity contribution in [3.8, 4) is 0 Å². The normalized spacial score (nSPS) is 11.0. The maximum atomic E-state index is 12.4. The fourth-order valence-electron chi connectivity index (χ4n) is 2.41. The molecule has 0 atom stereocenters. The van der Waals surface area contributed by atoms with Crippen molar-refractivity contribution in [2.45, 2.75) is 13.5 Å². The summed E-state index contributed by atoms with van der Waals surface area (Å²) < 4.78 is 1.92. The van der Waals surface area contributed by atoms with Gasteiger partial charge in [0, 0.05) is 22.3 Å². The lowest BCUT2D eigenvalue weighted by Gasteiger charge is -2.07. The Hall–Kier alpha value is -1.77. The third-order valence-electron chi connectivity index (χ3n) is 3.47. The number of rotatable bonds is 3. The highest BCUT2D eigenvalue weighted by Gasteiger charge is 2.13. The molecule has 3 rings (SSSR count). The Bertz CT molecular complexity index is 836. The van der Waals surface area contributed by atoms with Crippen LogP contribution in [0.3, 0.4) is 0 Å². The Kier molecular flexibility index (Phi) is 3.75. The molecule has 0 radical (unpaired) electrons. The van der Waals surface area contributed by atoms with Gasteiger partial charge in [-0.3, -0.25) is 4.79 Å². The van der Waals surface area contributed by atoms with E-state index in [1.165, 1.54) is 5.56 Å². The Balaban J connectivity index is 1.95. The van der Waals surface area contributed by atoms with Crippen molar-refractivity contribution in [1.29, 1.82) is 0 Å². The first-order valence-electron chi connectivity index (χ1n) is 6.58. The van der Waals surface area contributed by atoms with Gasteiger partial charge in [0.05, 0.1) is 11.6 Å². The van der Waals surface area contributed by atoms with Gasteiger partial charge in [0.15, 0.2) is 5.78 Å². The van der Waals surface area contributed by atoms with Crippen LogP contribution in [0.1, 0.15) is 15.9 Å². The van der Waals surface area contributed by atoms with Crippen LogP contribution in [0.2, 0.25) is 10.0 Å². The smallest absolute Gasteiger partial charge is 0.184 e. The van der Waals surface area contributed by atoms with Gasteiger partial charge in [-0.2, -0.15) is 0 Å². The second-order valence-electron chi connectivity index (χ2n) is 5.05. The quantitative estimate of drug-likeness (QED) is 0.613. The minimum Gasteiger partial charge on any atom is -0.340 e. The van der Waals surface area contributed by atoms with E-state index in [1.54, 1.807) is 18.2 Å². The zero-order chi connectivity index (χ0) is 15.0. The lowest BCUT2D eigenvalue weighted by Crippen LogP contribution is -2.10. The Labute approximate surface area is 132 Å². The second kappa shape index (κ2) is 5.55. The second-order valence-corrected chi connectivity index (χ2v) is 5.90. The zero-order valence-electron chi connectivity index (χ0n) is 11.4. The number of carbonyl (C=O) groups is 1. The molecule has 1 heterocycles. The van der Waals surface area contributed by atoms with Crippen LogP contribution in [-0.4, -0.2) is 10.4 Å². The molecule has 0 unspecified atom stereocenters. The molecule has 0 saturated carbocycles. The molecule has 4 heteroatoms. The molecule has 0 amide bonds. The van der Waals surface area contributed by atoms with Gasteiger partial charge >= 0.3 is 0 Å².